The Kier molecular flexibility index (Phi) is 5.72. The molecule has 0 amide bonds. The molecule has 0 saturated heterocycles. The van der Waals surface area contributed by atoms with Crippen molar-refractivity contribution in [3.05, 3.63) is 30.3 Å². The Hall–Kier alpha value is 0.0600. The lowest BCUT2D eigenvalue weighted by atomic mass is 10.4. The molecule has 0 radical (unpaired) electrons. The largest absolute Gasteiger partial charge is 0.443 e. The lowest BCUT2D eigenvalue weighted by molar-refractivity contribution is -0.184. The van der Waals surface area contributed by atoms with Crippen molar-refractivity contribution in [2.24, 2.45) is 0 Å². The number of halogens is 5. The Balaban J connectivity index is 3.64. The molecule has 0 atom stereocenters. The van der Waals surface area contributed by atoms with Gasteiger partial charge in [0, 0.05) is 0 Å². The van der Waals surface area contributed by atoms with Gasteiger partial charge >= 0.3 is 13.4 Å². The van der Waals surface area contributed by atoms with Crippen molar-refractivity contribution in [3.63, 3.8) is 0 Å². The van der Waals surface area contributed by atoms with E-state index in [4.69, 9.17) is 9.79 Å². The molecule has 1 aromatic carbocycles. The summed E-state index contributed by atoms with van der Waals surface area (Å²) in [6, 6.07) is 4.09. The van der Waals surface area contributed by atoms with Crippen molar-refractivity contribution in [2.45, 2.75) is 4.90 Å². The molecule has 1 aromatic rings. The highest BCUT2D eigenvalue weighted by atomic mass is 32.7. The van der Waals surface area contributed by atoms with Crippen LogP contribution in [0.3, 0.4) is 0 Å². The average Bonchev–Trinajstić information content (AvgIpc) is 2.39. The third kappa shape index (κ3) is 3.88. The molecular formula is C6H7F5O6P2S2. The minimum Gasteiger partial charge on any atom is -0.323 e. The molecule has 124 valence electrons. The zero-order valence-electron chi connectivity index (χ0n) is 9.51. The summed E-state index contributed by atoms with van der Waals surface area (Å²) in [5.74, 6) is 0. The van der Waals surface area contributed by atoms with Crippen LogP contribution in [0.15, 0.2) is 35.2 Å². The molecule has 0 aliphatic carbocycles. The maximum absolute atomic E-state index is 14.1. The SMILES string of the molecule is OP(O)(=S)OOP(OF)(OF)=S(F)(F)(F)c1ccccc1. The molecule has 0 aliphatic heterocycles. The highest BCUT2D eigenvalue weighted by Crippen LogP contribution is 2.73. The van der Waals surface area contributed by atoms with Crippen LogP contribution in [0.5, 0.6) is 0 Å². The standard InChI is InChI=1S/C6H7F5O6P2S2/c7-14-19(15-8,17-16-18(12,13)20)21(9,10,11)6-4-2-1-3-5-6/h1-5H,(H2,12,13,20). The number of hydrogen-bond acceptors (Lipinski definition) is 5. The lowest BCUT2D eigenvalue weighted by Gasteiger charge is -2.30. The van der Waals surface area contributed by atoms with Gasteiger partial charge < -0.3 is 9.79 Å². The van der Waals surface area contributed by atoms with Crippen LogP contribution in [0, 0.1) is 0 Å². The fourth-order valence-electron chi connectivity index (χ4n) is 1.02. The third-order valence-electron chi connectivity index (χ3n) is 1.87. The Labute approximate surface area is 120 Å². The Morgan fingerprint density at radius 1 is 0.952 bits per heavy atom. The minimum absolute atomic E-state index is 0.492. The highest BCUT2D eigenvalue weighted by Gasteiger charge is 2.55. The number of hydrogen-bond donors (Lipinski definition) is 2. The monoisotopic (exact) mass is 396 g/mol. The van der Waals surface area contributed by atoms with Gasteiger partial charge in [-0.1, -0.05) is 18.2 Å². The summed E-state index contributed by atoms with van der Waals surface area (Å²) in [6.45, 7) is -11.2. The first-order valence-electron chi connectivity index (χ1n) is 4.55. The van der Waals surface area contributed by atoms with E-state index in [-0.39, 0.29) is 0 Å². The molecule has 0 fully saturated rings. The van der Waals surface area contributed by atoms with Gasteiger partial charge in [0.25, 0.3) is 0 Å². The topological polar surface area (TPSA) is 77.4 Å². The summed E-state index contributed by atoms with van der Waals surface area (Å²) in [5.41, 5.74) is 0. The van der Waals surface area contributed by atoms with Crippen LogP contribution in [-0.2, 0) is 40.1 Å². The predicted octanol–water partition coefficient (Wildman–Crippen LogP) is 4.03. The van der Waals surface area contributed by atoms with Crippen LogP contribution in [-0.4, -0.2) is 9.79 Å². The first kappa shape index (κ1) is 19.1. The number of benzene rings is 1. The van der Waals surface area contributed by atoms with Crippen LogP contribution in [0.2, 0.25) is 0 Å². The van der Waals surface area contributed by atoms with Crippen molar-refractivity contribution >= 4 is 34.7 Å². The predicted molar refractivity (Wildman–Crippen MR) is 67.6 cm³/mol. The van der Waals surface area contributed by atoms with Crippen LogP contribution in [0.4, 0.5) is 20.7 Å². The normalized spacial score (nSPS) is 15.5. The summed E-state index contributed by atoms with van der Waals surface area (Å²) in [7, 11) is -7.84. The fraction of sp³-hybridized carbons (Fsp3) is 0. The first-order chi connectivity index (χ1) is 9.47. The molecule has 21 heavy (non-hydrogen) atoms. The maximum Gasteiger partial charge on any atom is 0.443 e. The molecule has 0 aliphatic rings. The second-order valence-corrected chi connectivity index (χ2v) is 12.1. The summed E-state index contributed by atoms with van der Waals surface area (Å²) in [6.07, 6.45) is 0. The van der Waals surface area contributed by atoms with Crippen molar-refractivity contribution in [1.29, 1.82) is 0 Å². The van der Waals surface area contributed by atoms with Gasteiger partial charge in [0.05, 0.1) is 4.90 Å². The van der Waals surface area contributed by atoms with Crippen LogP contribution in [0.25, 0.3) is 0 Å². The zero-order valence-corrected chi connectivity index (χ0v) is 12.9. The molecule has 15 heteroatoms. The van der Waals surface area contributed by atoms with E-state index in [0.717, 1.165) is 12.1 Å². The minimum atomic E-state index is -7.84. The second kappa shape index (κ2) is 6.28. The smallest absolute Gasteiger partial charge is 0.323 e. The first-order valence-corrected chi connectivity index (χ1v) is 11.1. The van der Waals surface area contributed by atoms with E-state index in [1.54, 1.807) is 0 Å². The van der Waals surface area contributed by atoms with E-state index in [2.05, 4.69) is 30.6 Å². The number of rotatable bonds is 6. The molecule has 0 saturated carbocycles. The summed E-state index contributed by atoms with van der Waals surface area (Å²) in [4.78, 5) is 15.8. The van der Waals surface area contributed by atoms with E-state index < -0.39 is 27.8 Å². The quantitative estimate of drug-likeness (QED) is 0.326. The zero-order chi connectivity index (χ0) is 16.4. The van der Waals surface area contributed by atoms with Gasteiger partial charge in [-0.25, -0.2) is 0 Å². The molecule has 1 rings (SSSR count). The molecule has 0 unspecified atom stereocenters. The van der Waals surface area contributed by atoms with Gasteiger partial charge in [0.1, 0.15) is 0 Å². The van der Waals surface area contributed by atoms with Gasteiger partial charge in [-0.15, -0.1) is 30.5 Å². The van der Waals surface area contributed by atoms with E-state index in [0.29, 0.717) is 12.1 Å². The average molecular weight is 396 g/mol. The molecule has 0 bridgehead atoms. The van der Waals surface area contributed by atoms with Gasteiger partial charge in [-0.2, -0.15) is 0 Å². The van der Waals surface area contributed by atoms with Crippen molar-refractivity contribution in [1.82, 2.24) is 0 Å². The van der Waals surface area contributed by atoms with Crippen LogP contribution >= 0.6 is 13.4 Å². The summed E-state index contributed by atoms with van der Waals surface area (Å²) < 4.78 is 79.1. The molecule has 0 aromatic heterocycles. The Bertz CT molecular complexity index is 625. The molecule has 0 heterocycles. The van der Waals surface area contributed by atoms with E-state index in [1.807, 2.05) is 0 Å². The second-order valence-electron chi connectivity index (χ2n) is 3.24. The van der Waals surface area contributed by atoms with Gasteiger partial charge in [-0.3, -0.25) is 0 Å². The van der Waals surface area contributed by atoms with Crippen LogP contribution < -0.4 is 0 Å². The van der Waals surface area contributed by atoms with E-state index in [9.17, 15) is 20.7 Å². The molecule has 0 spiro atoms. The van der Waals surface area contributed by atoms with Crippen molar-refractivity contribution in [3.8, 4) is 0 Å². The van der Waals surface area contributed by atoms with Crippen molar-refractivity contribution in [2.75, 3.05) is 0 Å². The third-order valence-corrected chi connectivity index (χ3v) is 8.13. The van der Waals surface area contributed by atoms with Gasteiger partial charge in [0.2, 0.25) is 9.50 Å². The van der Waals surface area contributed by atoms with Crippen molar-refractivity contribution < 1.29 is 49.3 Å². The Morgan fingerprint density at radius 3 is 1.81 bits per heavy atom. The maximum atomic E-state index is 14.1. The van der Waals surface area contributed by atoms with E-state index >= 15 is 0 Å². The molecule has 2 N–H and O–H groups in total. The highest BCUT2D eigenvalue weighted by molar-refractivity contribution is 8.42. The molecular weight excluding hydrogens is 389 g/mol. The van der Waals surface area contributed by atoms with Gasteiger partial charge in [0.15, 0.2) is 0 Å². The Morgan fingerprint density at radius 2 is 1.43 bits per heavy atom. The van der Waals surface area contributed by atoms with Crippen LogP contribution in [0.1, 0.15) is 0 Å². The summed E-state index contributed by atoms with van der Waals surface area (Å²) in [5, 5.41) is 0. The fourth-order valence-corrected chi connectivity index (χ4v) is 5.38. The lowest BCUT2D eigenvalue weighted by Crippen LogP contribution is -2.17. The summed E-state index contributed by atoms with van der Waals surface area (Å²) >= 11 is 3.81. The van der Waals surface area contributed by atoms with Gasteiger partial charge in [-0.05, 0) is 33.0 Å². The van der Waals surface area contributed by atoms with E-state index in [1.165, 1.54) is 6.07 Å². The molecule has 6 nitrogen and oxygen atoms in total.